The summed E-state index contributed by atoms with van der Waals surface area (Å²) in [6.07, 6.45) is -1.66. The lowest BCUT2D eigenvalue weighted by atomic mass is 9.84. The molecule has 0 radical (unpaired) electrons. The number of carbonyl (C=O) groups excluding carboxylic acids is 1. The van der Waals surface area contributed by atoms with Crippen LogP contribution in [0.2, 0.25) is 0 Å². The van der Waals surface area contributed by atoms with Crippen molar-refractivity contribution in [1.82, 2.24) is 4.98 Å². The Morgan fingerprint density at radius 2 is 1.86 bits per heavy atom. The summed E-state index contributed by atoms with van der Waals surface area (Å²) in [4.78, 5) is 17.1. The van der Waals surface area contributed by atoms with E-state index in [4.69, 9.17) is 14.2 Å². The minimum absolute atomic E-state index is 0.242. The first-order valence-corrected chi connectivity index (χ1v) is 11.7. The van der Waals surface area contributed by atoms with Crippen LogP contribution in [0.5, 0.6) is 5.75 Å². The second-order valence-corrected chi connectivity index (χ2v) is 9.60. The molecule has 2 heterocycles. The number of fused-ring (bicyclic) bond motifs is 1. The molecule has 5 nitrogen and oxygen atoms in total. The predicted molar refractivity (Wildman–Crippen MR) is 130 cm³/mol. The van der Waals surface area contributed by atoms with Crippen LogP contribution in [0.15, 0.2) is 54.9 Å². The lowest BCUT2D eigenvalue weighted by molar-refractivity contribution is -0.166. The number of halogens is 3. The number of methoxy groups -OCH3 is 1. The second kappa shape index (κ2) is 9.93. The smallest absolute Gasteiger partial charge is 0.416 e. The Morgan fingerprint density at radius 1 is 1.08 bits per heavy atom. The van der Waals surface area contributed by atoms with Crippen LogP contribution in [0.1, 0.15) is 50.0 Å². The number of aryl methyl sites for hydroxylation is 1. The standard InChI is InChI=1S/C28H28F3NO4/c1-27(2,3)36-25(26(33)34-4)24-21(28(29,30)31)11-10-20(19-7-5-13-32-16-19)23(24)18-9-12-22-17(15-18)8-6-14-35-22/h5,7,9-13,15-16,25H,6,8,14H2,1-4H3. The van der Waals surface area contributed by atoms with Crippen molar-refractivity contribution in [2.24, 2.45) is 0 Å². The van der Waals surface area contributed by atoms with Gasteiger partial charge in [0.05, 0.1) is 24.9 Å². The zero-order valence-electron chi connectivity index (χ0n) is 20.6. The predicted octanol–water partition coefficient (Wildman–Crippen LogP) is 6.79. The lowest BCUT2D eigenvalue weighted by Crippen LogP contribution is -2.30. The third-order valence-electron chi connectivity index (χ3n) is 5.87. The average Bonchev–Trinajstić information content (AvgIpc) is 2.85. The first-order chi connectivity index (χ1) is 17.0. The van der Waals surface area contributed by atoms with Crippen molar-refractivity contribution < 1.29 is 32.2 Å². The molecule has 0 aliphatic carbocycles. The monoisotopic (exact) mass is 499 g/mol. The molecule has 2 aromatic carbocycles. The van der Waals surface area contributed by atoms with E-state index in [0.717, 1.165) is 31.6 Å². The van der Waals surface area contributed by atoms with Gasteiger partial charge in [0, 0.05) is 23.5 Å². The number of esters is 1. The molecule has 36 heavy (non-hydrogen) atoms. The van der Waals surface area contributed by atoms with E-state index >= 15 is 0 Å². The fourth-order valence-corrected chi connectivity index (χ4v) is 4.41. The van der Waals surface area contributed by atoms with Gasteiger partial charge in [-0.2, -0.15) is 13.2 Å². The summed E-state index contributed by atoms with van der Waals surface area (Å²) in [5.74, 6) is -0.210. The van der Waals surface area contributed by atoms with E-state index in [9.17, 15) is 18.0 Å². The van der Waals surface area contributed by atoms with E-state index in [1.165, 1.54) is 6.07 Å². The van der Waals surface area contributed by atoms with Crippen LogP contribution in [-0.4, -0.2) is 30.3 Å². The van der Waals surface area contributed by atoms with E-state index in [-0.39, 0.29) is 11.1 Å². The van der Waals surface area contributed by atoms with Gasteiger partial charge < -0.3 is 14.2 Å². The molecule has 1 unspecified atom stereocenters. The number of carbonyl (C=O) groups is 1. The number of nitrogens with zero attached hydrogens (tertiary/aromatic N) is 1. The summed E-state index contributed by atoms with van der Waals surface area (Å²) in [7, 11) is 1.13. The van der Waals surface area contributed by atoms with Crippen molar-refractivity contribution in [2.45, 2.75) is 51.5 Å². The molecular weight excluding hydrogens is 471 g/mol. The summed E-state index contributed by atoms with van der Waals surface area (Å²) in [5, 5.41) is 0. The van der Waals surface area contributed by atoms with Crippen LogP contribution in [-0.2, 0) is 26.9 Å². The number of rotatable bonds is 5. The Balaban J connectivity index is 2.11. The van der Waals surface area contributed by atoms with Crippen molar-refractivity contribution >= 4 is 5.97 Å². The largest absolute Gasteiger partial charge is 0.493 e. The number of benzene rings is 2. The van der Waals surface area contributed by atoms with Crippen molar-refractivity contribution in [3.05, 3.63) is 71.5 Å². The summed E-state index contributed by atoms with van der Waals surface area (Å²) in [6.45, 7) is 5.62. The molecule has 0 saturated carbocycles. The Bertz CT molecular complexity index is 1250. The van der Waals surface area contributed by atoms with E-state index < -0.39 is 29.4 Å². The van der Waals surface area contributed by atoms with Gasteiger partial charge in [-0.05, 0) is 80.1 Å². The Kier molecular flexibility index (Phi) is 7.09. The maximum atomic E-state index is 14.5. The number of hydrogen-bond acceptors (Lipinski definition) is 5. The highest BCUT2D eigenvalue weighted by Crippen LogP contribution is 2.47. The van der Waals surface area contributed by atoms with Gasteiger partial charge in [0.15, 0.2) is 6.10 Å². The zero-order chi connectivity index (χ0) is 26.1. The second-order valence-electron chi connectivity index (χ2n) is 9.60. The molecule has 0 bridgehead atoms. The molecule has 8 heteroatoms. The normalized spacial score (nSPS) is 14.5. The number of aromatic nitrogens is 1. The van der Waals surface area contributed by atoms with Crippen LogP contribution in [0.4, 0.5) is 13.2 Å². The number of alkyl halides is 3. The highest BCUT2D eigenvalue weighted by atomic mass is 19.4. The fraction of sp³-hybridized carbons (Fsp3) is 0.357. The summed E-state index contributed by atoms with van der Waals surface area (Å²) >= 11 is 0. The molecule has 4 rings (SSSR count). The van der Waals surface area contributed by atoms with Gasteiger partial charge in [-0.3, -0.25) is 4.98 Å². The van der Waals surface area contributed by atoms with E-state index in [2.05, 4.69) is 4.98 Å². The van der Waals surface area contributed by atoms with Gasteiger partial charge in [0.2, 0.25) is 0 Å². The highest BCUT2D eigenvalue weighted by Gasteiger charge is 2.42. The molecule has 3 aromatic rings. The van der Waals surface area contributed by atoms with Gasteiger partial charge in [-0.15, -0.1) is 0 Å². The maximum Gasteiger partial charge on any atom is 0.416 e. The van der Waals surface area contributed by atoms with Crippen LogP contribution in [0.3, 0.4) is 0 Å². The van der Waals surface area contributed by atoms with Gasteiger partial charge in [-0.25, -0.2) is 4.79 Å². The third kappa shape index (κ3) is 5.38. The van der Waals surface area contributed by atoms with Crippen LogP contribution < -0.4 is 4.74 Å². The SMILES string of the molecule is COC(=O)C(OC(C)(C)C)c1c(C(F)(F)F)ccc(-c2cccnc2)c1-c1ccc2c(c1)CCCO2. The topological polar surface area (TPSA) is 57.7 Å². The highest BCUT2D eigenvalue weighted by molar-refractivity contribution is 5.91. The van der Waals surface area contributed by atoms with Crippen LogP contribution >= 0.6 is 0 Å². The molecule has 1 aliphatic heterocycles. The molecular formula is C28H28F3NO4. The van der Waals surface area contributed by atoms with Crippen molar-refractivity contribution in [1.29, 1.82) is 0 Å². The Labute approximate surface area is 208 Å². The fourth-order valence-electron chi connectivity index (χ4n) is 4.41. The Morgan fingerprint density at radius 3 is 2.50 bits per heavy atom. The van der Waals surface area contributed by atoms with E-state index in [1.54, 1.807) is 57.4 Å². The summed E-state index contributed by atoms with van der Waals surface area (Å²) in [6, 6.07) is 11.2. The third-order valence-corrected chi connectivity index (χ3v) is 5.87. The first-order valence-electron chi connectivity index (χ1n) is 11.7. The summed E-state index contributed by atoms with van der Waals surface area (Å²) < 4.78 is 60.0. The summed E-state index contributed by atoms with van der Waals surface area (Å²) in [5.41, 5.74) is 0.570. The molecule has 0 amide bonds. The van der Waals surface area contributed by atoms with Crippen molar-refractivity contribution in [3.63, 3.8) is 0 Å². The minimum atomic E-state index is -4.75. The quantitative estimate of drug-likeness (QED) is 0.362. The van der Waals surface area contributed by atoms with Crippen LogP contribution in [0, 0.1) is 0 Å². The van der Waals surface area contributed by atoms with Crippen molar-refractivity contribution in [2.75, 3.05) is 13.7 Å². The maximum absolute atomic E-state index is 14.5. The van der Waals surface area contributed by atoms with Crippen LogP contribution in [0.25, 0.3) is 22.3 Å². The van der Waals surface area contributed by atoms with Gasteiger partial charge >= 0.3 is 12.1 Å². The van der Waals surface area contributed by atoms with Gasteiger partial charge in [-0.1, -0.05) is 18.2 Å². The molecule has 0 saturated heterocycles. The van der Waals surface area contributed by atoms with Crippen molar-refractivity contribution in [3.8, 4) is 28.0 Å². The van der Waals surface area contributed by atoms with E-state index in [0.29, 0.717) is 29.0 Å². The molecule has 1 atom stereocenters. The number of hydrogen-bond donors (Lipinski definition) is 0. The molecule has 0 fully saturated rings. The average molecular weight is 500 g/mol. The van der Waals surface area contributed by atoms with Gasteiger partial charge in [0.25, 0.3) is 0 Å². The van der Waals surface area contributed by atoms with Gasteiger partial charge in [0.1, 0.15) is 5.75 Å². The molecule has 0 N–H and O–H groups in total. The molecule has 190 valence electrons. The molecule has 1 aromatic heterocycles. The Hall–Kier alpha value is -3.39. The number of pyridine rings is 1. The molecule has 0 spiro atoms. The van der Waals surface area contributed by atoms with E-state index in [1.807, 2.05) is 6.07 Å². The minimum Gasteiger partial charge on any atom is -0.493 e. The number of ether oxygens (including phenoxy) is 3. The first kappa shape index (κ1) is 25.7. The molecule has 1 aliphatic rings. The zero-order valence-corrected chi connectivity index (χ0v) is 20.6. The lowest BCUT2D eigenvalue weighted by Gasteiger charge is -2.31.